The van der Waals surface area contributed by atoms with Crippen LogP contribution < -0.4 is 0 Å². The fraction of sp³-hybridized carbons (Fsp3) is 0.760. The van der Waals surface area contributed by atoms with Crippen LogP contribution in [0.25, 0.3) is 0 Å². The molecule has 1 aromatic carbocycles. The van der Waals surface area contributed by atoms with Gasteiger partial charge in [0.25, 0.3) is 0 Å². The second kappa shape index (κ2) is 16.8. The van der Waals surface area contributed by atoms with Crippen molar-refractivity contribution >= 4 is 137 Å². The van der Waals surface area contributed by atoms with Gasteiger partial charge in [-0.3, -0.25) is 0 Å². The normalized spacial score (nSPS) is 13.4. The van der Waals surface area contributed by atoms with Gasteiger partial charge in [-0.05, 0) is 0 Å². The van der Waals surface area contributed by atoms with E-state index in [0.717, 1.165) is 0 Å². The molecule has 1 aromatic rings. The van der Waals surface area contributed by atoms with Gasteiger partial charge in [-0.1, -0.05) is 118 Å². The van der Waals surface area contributed by atoms with E-state index in [1.165, 1.54) is 35.3 Å². The van der Waals surface area contributed by atoms with Crippen molar-refractivity contribution < 1.29 is 0 Å². The maximum absolute atomic E-state index is 2.61. The molecule has 0 amide bonds. The van der Waals surface area contributed by atoms with Gasteiger partial charge in [0.15, 0.2) is 0 Å². The van der Waals surface area contributed by atoms with Gasteiger partial charge in [-0.2, -0.15) is 0 Å². The van der Waals surface area contributed by atoms with Gasteiger partial charge in [-0.25, -0.2) is 0 Å². The van der Waals surface area contributed by atoms with Crippen LogP contribution in [-0.4, -0.2) is 137 Å². The third-order valence-corrected chi connectivity index (χ3v) is 124. The summed E-state index contributed by atoms with van der Waals surface area (Å²) >= 11 is 1.28. The van der Waals surface area contributed by atoms with Crippen molar-refractivity contribution in [3.63, 3.8) is 0 Å². The van der Waals surface area contributed by atoms with Gasteiger partial charge < -0.3 is 0 Å². The first kappa shape index (κ1) is 43.0. The van der Waals surface area contributed by atoms with Crippen molar-refractivity contribution in [2.75, 3.05) is 0 Å². The summed E-state index contributed by atoms with van der Waals surface area (Å²) in [6.45, 7) is 47.0. The van der Waals surface area contributed by atoms with Crippen LogP contribution in [0, 0.1) is 0 Å². The van der Waals surface area contributed by atoms with Crippen LogP contribution >= 0.6 is 0 Å². The molecule has 0 unspecified atom stereocenters. The molecular weight excluding hydrogens is 771 g/mol. The van der Waals surface area contributed by atoms with E-state index in [4.69, 9.17) is 0 Å². The zero-order chi connectivity index (χ0) is 28.0. The van der Waals surface area contributed by atoms with Crippen LogP contribution in [0.5, 0.6) is 0 Å². The average Bonchev–Trinajstić information content (AvgIpc) is 2.47. The van der Waals surface area contributed by atoms with Crippen LogP contribution in [-0.2, 0) is 3.98 Å². The molecule has 198 valence electrons. The van der Waals surface area contributed by atoms with E-state index < -0.39 is 45.5 Å². The molecule has 0 aromatic heterocycles. The molecule has 6 radical (unpaired) electrons. The summed E-state index contributed by atoms with van der Waals surface area (Å²) in [5, 5.41) is 0. The molecular formula is C25H61KPbSi8. The Morgan fingerprint density at radius 2 is 0.657 bits per heavy atom. The Morgan fingerprint density at radius 1 is 0.457 bits per heavy atom. The molecule has 0 N–H and O–H groups in total. The molecule has 0 saturated heterocycles. The van der Waals surface area contributed by atoms with E-state index in [2.05, 4.69) is 148 Å². The molecule has 0 heterocycles. The summed E-state index contributed by atoms with van der Waals surface area (Å²) in [7, 11) is -4.94. The Kier molecular flexibility index (Phi) is 20.7. The number of rotatable bonds is 7. The zero-order valence-corrected chi connectivity index (χ0v) is 42.6. The van der Waals surface area contributed by atoms with Crippen LogP contribution in [0.1, 0.15) is 5.56 Å². The average molecular weight is 833 g/mol. The maximum atomic E-state index is 2.61. The predicted octanol–water partition coefficient (Wildman–Crippen LogP) is 8.44. The van der Waals surface area contributed by atoms with Crippen molar-refractivity contribution in [1.82, 2.24) is 0 Å². The summed E-state index contributed by atoms with van der Waals surface area (Å²) in [6, 6.07) is 10.6. The Balaban J connectivity index is -0.000000444. The summed E-state index contributed by atoms with van der Waals surface area (Å²) in [4.78, 5) is 0. The van der Waals surface area contributed by atoms with E-state index in [0.29, 0.717) is 0 Å². The molecule has 0 aliphatic carbocycles. The zero-order valence-electron chi connectivity index (χ0n) is 27.6. The molecule has 0 bridgehead atoms. The van der Waals surface area contributed by atoms with Gasteiger partial charge in [-0.15, -0.1) is 0 Å². The third-order valence-electron chi connectivity index (χ3n) is 5.55. The standard InChI is InChI=1S/2C9H27Si4.C7H7.K.Pb/c2*1-11(2,3)10(12(4,5)6)13(7,8)9;1-7-5-3-2-4-6-7;;/h2*1-9H3;2-6H,1H2;;. The number of hydrogen-bond donors (Lipinski definition) is 0. The first-order valence-corrected chi connectivity index (χ1v) is 45.9. The van der Waals surface area contributed by atoms with Crippen LogP contribution in [0.3, 0.4) is 0 Å². The molecule has 0 aliphatic rings. The molecule has 35 heavy (non-hydrogen) atoms. The Bertz CT molecular complexity index is 580. The van der Waals surface area contributed by atoms with E-state index in [9.17, 15) is 0 Å². The predicted molar refractivity (Wildman–Crippen MR) is 193 cm³/mol. The minimum absolute atomic E-state index is 0. The Labute approximate surface area is 290 Å². The molecule has 1 rings (SSSR count). The fourth-order valence-electron chi connectivity index (χ4n) is 7.35. The van der Waals surface area contributed by atoms with E-state index in [-0.39, 0.29) is 66.1 Å². The van der Waals surface area contributed by atoms with Gasteiger partial charge >= 0.3 is 65.6 Å². The monoisotopic (exact) mass is 832 g/mol. The second-order valence-electron chi connectivity index (χ2n) is 15.9. The Hall–Kier alpha value is 3.51. The number of hydrogen-bond acceptors (Lipinski definition) is 0. The molecule has 0 spiro atoms. The van der Waals surface area contributed by atoms with Crippen LogP contribution in [0.4, 0.5) is 0 Å². The first-order valence-electron chi connectivity index (χ1n) is 13.1. The Morgan fingerprint density at radius 3 is 0.743 bits per heavy atom. The summed E-state index contributed by atoms with van der Waals surface area (Å²) in [5.74, 6) is 0. The first-order chi connectivity index (χ1) is 14.7. The van der Waals surface area contributed by atoms with Crippen molar-refractivity contribution in [3.05, 3.63) is 35.9 Å². The van der Waals surface area contributed by atoms with E-state index >= 15 is 0 Å². The summed E-state index contributed by atoms with van der Waals surface area (Å²) in [6.07, 6.45) is 0. The van der Waals surface area contributed by atoms with Gasteiger partial charge in [0.2, 0.25) is 0 Å². The fourth-order valence-corrected chi connectivity index (χ4v) is 184. The van der Waals surface area contributed by atoms with Crippen molar-refractivity contribution in [3.8, 4) is 0 Å². The van der Waals surface area contributed by atoms with Gasteiger partial charge in [0, 0.05) is 112 Å². The minimum atomic E-state index is -0.832. The molecule has 0 atom stereocenters. The second-order valence-corrected chi connectivity index (χ2v) is 90.8. The third kappa shape index (κ3) is 19.3. The quantitative estimate of drug-likeness (QED) is 0.242. The molecule has 0 saturated carbocycles. The van der Waals surface area contributed by atoms with E-state index in [1.54, 1.807) is 0 Å². The molecule has 0 fully saturated rings. The number of benzene rings is 1. The topological polar surface area (TPSA) is 0 Å². The van der Waals surface area contributed by atoms with E-state index in [1.807, 2.05) is 0 Å². The van der Waals surface area contributed by atoms with Crippen molar-refractivity contribution in [2.24, 2.45) is 0 Å². The summed E-state index contributed by atoms with van der Waals surface area (Å²) in [5.41, 5.74) is 1.47. The van der Waals surface area contributed by atoms with Crippen molar-refractivity contribution in [2.45, 2.75) is 122 Å². The molecule has 10 heteroatoms. The van der Waals surface area contributed by atoms with Crippen LogP contribution in [0.2, 0.25) is 118 Å². The SMILES string of the molecule is C[Si](C)(C)[Si]([Si](C)(C)C)[Si](C)(C)C.C[Si](C)(C)[Si]([Si](C)(C)C)[Si](C)(C)C.[K].[Pb][CH2]c1ccccc1. The van der Waals surface area contributed by atoms with Crippen molar-refractivity contribution in [1.29, 1.82) is 0 Å². The summed E-state index contributed by atoms with van der Waals surface area (Å²) < 4.78 is 1.28. The molecule has 0 aliphatic heterocycles. The molecule has 0 nitrogen and oxygen atoms in total. The van der Waals surface area contributed by atoms with Crippen LogP contribution in [0.15, 0.2) is 30.3 Å². The van der Waals surface area contributed by atoms with Gasteiger partial charge in [0.1, 0.15) is 0 Å². The van der Waals surface area contributed by atoms with Gasteiger partial charge in [0.05, 0.1) is 0 Å².